The van der Waals surface area contributed by atoms with Crippen molar-refractivity contribution < 1.29 is 4.79 Å². The van der Waals surface area contributed by atoms with Gasteiger partial charge < -0.3 is 10.6 Å². The molecule has 5 nitrogen and oxygen atoms in total. The average molecular weight is 258 g/mol. The first-order valence-corrected chi connectivity index (χ1v) is 6.18. The molecule has 0 bridgehead atoms. The third kappa shape index (κ3) is 3.20. The molecule has 2 rings (SSSR count). The third-order valence-electron chi connectivity index (χ3n) is 2.82. The highest BCUT2D eigenvalue weighted by atomic mass is 16.1. The van der Waals surface area contributed by atoms with Crippen LogP contribution in [-0.4, -0.2) is 22.7 Å². The van der Waals surface area contributed by atoms with Gasteiger partial charge >= 0.3 is 0 Å². The highest BCUT2D eigenvalue weighted by Crippen LogP contribution is 2.15. The number of carbonyl (C=O) groups excluding carboxylic acids is 1. The largest absolute Gasteiger partial charge is 0.326 e. The van der Waals surface area contributed by atoms with E-state index in [1.54, 1.807) is 0 Å². The lowest BCUT2D eigenvalue weighted by Crippen LogP contribution is -2.05. The maximum absolute atomic E-state index is 11.0. The minimum absolute atomic E-state index is 0.0704. The Labute approximate surface area is 112 Å². The van der Waals surface area contributed by atoms with Crippen molar-refractivity contribution in [3.05, 3.63) is 41.7 Å². The van der Waals surface area contributed by atoms with E-state index in [-0.39, 0.29) is 5.91 Å². The van der Waals surface area contributed by atoms with Crippen LogP contribution < -0.4 is 10.6 Å². The van der Waals surface area contributed by atoms with Gasteiger partial charge in [0, 0.05) is 30.9 Å². The topological polar surface area (TPSA) is 59.0 Å². The Morgan fingerprint density at radius 1 is 1.32 bits per heavy atom. The van der Waals surface area contributed by atoms with Crippen LogP contribution >= 0.6 is 0 Å². The molecule has 0 saturated heterocycles. The fourth-order valence-electron chi connectivity index (χ4n) is 1.89. The van der Waals surface area contributed by atoms with Crippen molar-refractivity contribution in [1.82, 2.24) is 15.1 Å². The Morgan fingerprint density at radius 3 is 2.58 bits per heavy atom. The zero-order valence-corrected chi connectivity index (χ0v) is 11.4. The second-order valence-corrected chi connectivity index (χ2v) is 4.44. The van der Waals surface area contributed by atoms with Gasteiger partial charge in [-0.15, -0.1) is 0 Å². The summed E-state index contributed by atoms with van der Waals surface area (Å²) in [5, 5.41) is 10.3. The number of benzene rings is 1. The molecule has 0 atom stereocenters. The van der Waals surface area contributed by atoms with E-state index in [0.717, 1.165) is 23.6 Å². The molecule has 100 valence electrons. The van der Waals surface area contributed by atoms with E-state index in [1.165, 1.54) is 12.5 Å². The Hall–Kier alpha value is -2.14. The molecule has 0 aliphatic heterocycles. The molecule has 1 aromatic heterocycles. The minimum Gasteiger partial charge on any atom is -0.326 e. The van der Waals surface area contributed by atoms with Gasteiger partial charge in [0.05, 0.1) is 11.4 Å². The monoisotopic (exact) mass is 258 g/mol. The summed E-state index contributed by atoms with van der Waals surface area (Å²) in [6.07, 6.45) is 2.01. The molecule has 0 unspecified atom stereocenters. The smallest absolute Gasteiger partial charge is 0.221 e. The van der Waals surface area contributed by atoms with E-state index in [0.29, 0.717) is 0 Å². The predicted octanol–water partition coefficient (Wildman–Crippen LogP) is 1.86. The quantitative estimate of drug-likeness (QED) is 0.880. The van der Waals surface area contributed by atoms with Crippen molar-refractivity contribution >= 4 is 11.6 Å². The van der Waals surface area contributed by atoms with Gasteiger partial charge in [0.25, 0.3) is 0 Å². The van der Waals surface area contributed by atoms with Crippen molar-refractivity contribution in [1.29, 1.82) is 0 Å². The number of aromatic nitrogens is 2. The number of carbonyl (C=O) groups is 1. The summed E-state index contributed by atoms with van der Waals surface area (Å²) in [4.78, 5) is 11.0. The van der Waals surface area contributed by atoms with Gasteiger partial charge in [-0.25, -0.2) is 4.68 Å². The molecule has 0 aliphatic carbocycles. The standard InChI is InChI=1S/C14H18N4O/c1-10-12(8-15-3)9-18(17-10)14-6-4-13(5-7-14)16-11(2)19/h4-7,9,15H,8H2,1-3H3,(H,16,19). The van der Waals surface area contributed by atoms with E-state index in [1.807, 2.05) is 49.1 Å². The van der Waals surface area contributed by atoms with Gasteiger partial charge in [0.15, 0.2) is 0 Å². The molecule has 0 aliphatic rings. The van der Waals surface area contributed by atoms with Crippen LogP contribution in [-0.2, 0) is 11.3 Å². The SMILES string of the molecule is CNCc1cn(-c2ccc(NC(C)=O)cc2)nc1C. The molecule has 19 heavy (non-hydrogen) atoms. The summed E-state index contributed by atoms with van der Waals surface area (Å²) < 4.78 is 1.85. The lowest BCUT2D eigenvalue weighted by atomic mass is 10.2. The van der Waals surface area contributed by atoms with Crippen LogP contribution in [0.4, 0.5) is 5.69 Å². The number of hydrogen-bond donors (Lipinski definition) is 2. The van der Waals surface area contributed by atoms with Crippen molar-refractivity contribution in [3.8, 4) is 5.69 Å². The van der Waals surface area contributed by atoms with Crippen LogP contribution in [0.5, 0.6) is 0 Å². The van der Waals surface area contributed by atoms with E-state index < -0.39 is 0 Å². The number of aryl methyl sites for hydroxylation is 1. The Bertz CT molecular complexity index is 572. The number of hydrogen-bond acceptors (Lipinski definition) is 3. The summed E-state index contributed by atoms with van der Waals surface area (Å²) in [5.41, 5.74) is 3.95. The van der Waals surface area contributed by atoms with Gasteiger partial charge in [0.1, 0.15) is 0 Å². The van der Waals surface area contributed by atoms with E-state index in [4.69, 9.17) is 0 Å². The zero-order chi connectivity index (χ0) is 13.8. The zero-order valence-electron chi connectivity index (χ0n) is 11.4. The third-order valence-corrected chi connectivity index (χ3v) is 2.82. The highest BCUT2D eigenvalue weighted by molar-refractivity contribution is 5.88. The first-order chi connectivity index (χ1) is 9.10. The second kappa shape index (κ2) is 5.67. The molecule has 1 heterocycles. The number of nitrogens with zero attached hydrogens (tertiary/aromatic N) is 2. The number of amides is 1. The second-order valence-electron chi connectivity index (χ2n) is 4.44. The maximum Gasteiger partial charge on any atom is 0.221 e. The molecule has 0 spiro atoms. The van der Waals surface area contributed by atoms with Crippen molar-refractivity contribution in [2.24, 2.45) is 0 Å². The molecule has 2 N–H and O–H groups in total. The molecule has 0 fully saturated rings. The van der Waals surface area contributed by atoms with Crippen LogP contribution in [0.3, 0.4) is 0 Å². The van der Waals surface area contributed by atoms with E-state index >= 15 is 0 Å². The fourth-order valence-corrected chi connectivity index (χ4v) is 1.89. The molecule has 5 heteroatoms. The van der Waals surface area contributed by atoms with E-state index in [9.17, 15) is 4.79 Å². The molecule has 1 amide bonds. The van der Waals surface area contributed by atoms with Crippen LogP contribution in [0.15, 0.2) is 30.5 Å². The molecule has 1 aromatic carbocycles. The lowest BCUT2D eigenvalue weighted by Gasteiger charge is -2.04. The van der Waals surface area contributed by atoms with Crippen molar-refractivity contribution in [3.63, 3.8) is 0 Å². The molecule has 0 saturated carbocycles. The first kappa shape index (κ1) is 13.3. The Morgan fingerprint density at radius 2 is 2.00 bits per heavy atom. The number of rotatable bonds is 4. The normalized spacial score (nSPS) is 10.5. The Kier molecular flexibility index (Phi) is 3.97. The molecular weight excluding hydrogens is 240 g/mol. The van der Waals surface area contributed by atoms with Crippen LogP contribution in [0.25, 0.3) is 5.69 Å². The summed E-state index contributed by atoms with van der Waals surface area (Å²) in [6.45, 7) is 4.29. The molecule has 2 aromatic rings. The molecule has 0 radical (unpaired) electrons. The molecular formula is C14H18N4O. The first-order valence-electron chi connectivity index (χ1n) is 6.18. The fraction of sp³-hybridized carbons (Fsp3) is 0.286. The van der Waals surface area contributed by atoms with Gasteiger partial charge in [-0.2, -0.15) is 5.10 Å². The van der Waals surface area contributed by atoms with Gasteiger partial charge in [-0.1, -0.05) is 0 Å². The summed E-state index contributed by atoms with van der Waals surface area (Å²) in [5.74, 6) is -0.0704. The van der Waals surface area contributed by atoms with Crippen molar-refractivity contribution in [2.75, 3.05) is 12.4 Å². The predicted molar refractivity (Wildman–Crippen MR) is 75.4 cm³/mol. The lowest BCUT2D eigenvalue weighted by molar-refractivity contribution is -0.114. The maximum atomic E-state index is 11.0. The Balaban J connectivity index is 2.22. The average Bonchev–Trinajstić information content (AvgIpc) is 2.72. The number of nitrogens with one attached hydrogen (secondary N) is 2. The summed E-state index contributed by atoms with van der Waals surface area (Å²) >= 11 is 0. The van der Waals surface area contributed by atoms with Crippen LogP contribution in [0.1, 0.15) is 18.2 Å². The highest BCUT2D eigenvalue weighted by Gasteiger charge is 2.05. The summed E-state index contributed by atoms with van der Waals surface area (Å²) in [7, 11) is 1.92. The number of anilines is 1. The van der Waals surface area contributed by atoms with Crippen LogP contribution in [0.2, 0.25) is 0 Å². The van der Waals surface area contributed by atoms with Gasteiger partial charge in [0.2, 0.25) is 5.91 Å². The van der Waals surface area contributed by atoms with Gasteiger partial charge in [-0.05, 0) is 38.2 Å². The van der Waals surface area contributed by atoms with Crippen LogP contribution in [0, 0.1) is 6.92 Å². The van der Waals surface area contributed by atoms with E-state index in [2.05, 4.69) is 15.7 Å². The van der Waals surface area contributed by atoms with Gasteiger partial charge in [-0.3, -0.25) is 4.79 Å². The minimum atomic E-state index is -0.0704. The van der Waals surface area contributed by atoms with Crippen molar-refractivity contribution in [2.45, 2.75) is 20.4 Å². The summed E-state index contributed by atoms with van der Waals surface area (Å²) in [6, 6.07) is 7.60.